The summed E-state index contributed by atoms with van der Waals surface area (Å²) in [6, 6.07) is 6.72. The number of pyridine rings is 1. The Morgan fingerprint density at radius 1 is 1.40 bits per heavy atom. The van der Waals surface area contributed by atoms with Crippen LogP contribution in [0.25, 0.3) is 5.65 Å². The van der Waals surface area contributed by atoms with Crippen molar-refractivity contribution in [2.75, 3.05) is 0 Å². The summed E-state index contributed by atoms with van der Waals surface area (Å²) in [6.07, 6.45) is 6.12. The Balaban J connectivity index is 1.70. The zero-order valence-electron chi connectivity index (χ0n) is 10.8. The molecular weight excluding hydrogens is 272 g/mol. The van der Waals surface area contributed by atoms with Crippen LogP contribution in [0.1, 0.15) is 18.5 Å². The van der Waals surface area contributed by atoms with Crippen molar-refractivity contribution in [2.45, 2.75) is 35.6 Å². The quantitative estimate of drug-likeness (QED) is 0.749. The van der Waals surface area contributed by atoms with Crippen molar-refractivity contribution in [1.29, 1.82) is 0 Å². The van der Waals surface area contributed by atoms with Crippen LogP contribution in [0, 0.1) is 0 Å². The molecule has 2 N–H and O–H groups in total. The van der Waals surface area contributed by atoms with Crippen LogP contribution < -0.4 is 5.32 Å². The fourth-order valence-corrected chi connectivity index (χ4v) is 2.94. The van der Waals surface area contributed by atoms with Crippen LogP contribution in [0.4, 0.5) is 0 Å². The Bertz CT molecular complexity index is 716. The molecule has 0 aromatic carbocycles. The molecule has 6 nitrogen and oxygen atoms in total. The van der Waals surface area contributed by atoms with E-state index in [9.17, 15) is 0 Å². The number of H-pyrrole nitrogens is 1. The molecule has 0 aliphatic heterocycles. The smallest absolute Gasteiger partial charge is 0.189 e. The van der Waals surface area contributed by atoms with Crippen LogP contribution in [0.15, 0.2) is 40.9 Å². The van der Waals surface area contributed by atoms with Gasteiger partial charge in [-0.25, -0.2) is 9.97 Å². The van der Waals surface area contributed by atoms with Gasteiger partial charge in [0.05, 0.1) is 5.69 Å². The normalized spacial score (nSPS) is 15.0. The molecule has 0 saturated heterocycles. The lowest BCUT2D eigenvalue weighted by Crippen LogP contribution is -2.17. The lowest BCUT2D eigenvalue weighted by Gasteiger charge is -2.05. The summed E-state index contributed by atoms with van der Waals surface area (Å²) < 4.78 is 2.13. The molecule has 20 heavy (non-hydrogen) atoms. The number of imidazole rings is 1. The minimum atomic E-state index is 0.674. The van der Waals surface area contributed by atoms with Gasteiger partial charge >= 0.3 is 0 Å². The summed E-state index contributed by atoms with van der Waals surface area (Å²) in [5.74, 6) is 0. The number of rotatable bonds is 5. The molecule has 0 atom stereocenters. The maximum Gasteiger partial charge on any atom is 0.189 e. The van der Waals surface area contributed by atoms with Crippen molar-refractivity contribution < 1.29 is 0 Å². The van der Waals surface area contributed by atoms with Gasteiger partial charge in [-0.05, 0) is 36.7 Å². The van der Waals surface area contributed by atoms with Gasteiger partial charge in [-0.2, -0.15) is 5.10 Å². The number of hydrogen-bond donors (Lipinski definition) is 2. The van der Waals surface area contributed by atoms with Gasteiger partial charge in [-0.1, -0.05) is 6.07 Å². The second-order valence-corrected chi connectivity index (χ2v) is 5.82. The van der Waals surface area contributed by atoms with E-state index in [2.05, 4.69) is 36.1 Å². The highest BCUT2D eigenvalue weighted by Crippen LogP contribution is 2.28. The first kappa shape index (κ1) is 11.9. The number of hydrogen-bond acceptors (Lipinski definition) is 5. The fourth-order valence-electron chi connectivity index (χ4n) is 2.13. The lowest BCUT2D eigenvalue weighted by molar-refractivity contribution is 0.660. The van der Waals surface area contributed by atoms with Gasteiger partial charge in [0.2, 0.25) is 0 Å². The van der Waals surface area contributed by atoms with E-state index in [1.807, 2.05) is 18.2 Å². The third-order valence-corrected chi connectivity index (χ3v) is 4.22. The molecule has 0 radical (unpaired) electrons. The minimum Gasteiger partial charge on any atom is -0.308 e. The molecule has 0 bridgehead atoms. The monoisotopic (exact) mass is 286 g/mol. The number of nitrogens with zero attached hydrogens (tertiary/aromatic N) is 4. The number of aromatic nitrogens is 5. The Kier molecular flexibility index (Phi) is 2.93. The van der Waals surface area contributed by atoms with Crippen molar-refractivity contribution in [2.24, 2.45) is 0 Å². The fraction of sp³-hybridized carbons (Fsp3) is 0.308. The van der Waals surface area contributed by atoms with Crippen LogP contribution in [-0.2, 0) is 6.54 Å². The van der Waals surface area contributed by atoms with Crippen LogP contribution in [0.2, 0.25) is 0 Å². The molecule has 3 heterocycles. The molecule has 1 aliphatic rings. The first-order valence-corrected chi connectivity index (χ1v) is 7.44. The molecule has 3 aromatic heterocycles. The highest BCUT2D eigenvalue weighted by Gasteiger charge is 2.22. The van der Waals surface area contributed by atoms with Gasteiger partial charge in [0, 0.05) is 18.8 Å². The highest BCUT2D eigenvalue weighted by molar-refractivity contribution is 7.99. The van der Waals surface area contributed by atoms with E-state index in [-0.39, 0.29) is 0 Å². The molecule has 4 rings (SSSR count). The van der Waals surface area contributed by atoms with Crippen LogP contribution in [0.5, 0.6) is 0 Å². The van der Waals surface area contributed by atoms with E-state index < -0.39 is 0 Å². The average Bonchev–Trinajstić information content (AvgIpc) is 3.03. The predicted molar refractivity (Wildman–Crippen MR) is 75.6 cm³/mol. The van der Waals surface area contributed by atoms with E-state index in [0.717, 1.165) is 22.4 Å². The van der Waals surface area contributed by atoms with Crippen LogP contribution in [0.3, 0.4) is 0 Å². The van der Waals surface area contributed by atoms with Crippen molar-refractivity contribution in [1.82, 2.24) is 29.9 Å². The number of fused-ring (bicyclic) bond motifs is 1. The second-order valence-electron chi connectivity index (χ2n) is 4.84. The van der Waals surface area contributed by atoms with E-state index in [1.54, 1.807) is 0 Å². The predicted octanol–water partition coefficient (Wildman–Crippen LogP) is 1.86. The van der Waals surface area contributed by atoms with Gasteiger partial charge in [-0.15, -0.1) is 0 Å². The van der Waals surface area contributed by atoms with E-state index in [0.29, 0.717) is 6.04 Å². The van der Waals surface area contributed by atoms with Crippen molar-refractivity contribution in [3.05, 3.63) is 36.4 Å². The van der Waals surface area contributed by atoms with Crippen LogP contribution in [-0.4, -0.2) is 30.6 Å². The third kappa shape index (κ3) is 2.30. The first-order valence-electron chi connectivity index (χ1n) is 6.63. The SMILES string of the molecule is c1ccn2c(CNC3CC3)c(Sc3ncn[nH]3)nc2c1. The molecule has 0 amide bonds. The number of aromatic amines is 1. The average molecular weight is 286 g/mol. The molecule has 3 aromatic rings. The zero-order valence-corrected chi connectivity index (χ0v) is 11.6. The molecule has 1 saturated carbocycles. The number of nitrogens with one attached hydrogen (secondary N) is 2. The highest BCUT2D eigenvalue weighted by atomic mass is 32.2. The third-order valence-electron chi connectivity index (χ3n) is 3.31. The van der Waals surface area contributed by atoms with Gasteiger partial charge in [0.25, 0.3) is 0 Å². The largest absolute Gasteiger partial charge is 0.308 e. The van der Waals surface area contributed by atoms with Crippen LogP contribution >= 0.6 is 11.8 Å². The molecular formula is C13H14N6S. The molecule has 102 valence electrons. The topological polar surface area (TPSA) is 70.9 Å². The molecule has 1 fully saturated rings. The van der Waals surface area contributed by atoms with Gasteiger partial charge in [0.15, 0.2) is 5.16 Å². The first-order chi connectivity index (χ1) is 9.90. The minimum absolute atomic E-state index is 0.674. The Morgan fingerprint density at radius 2 is 2.35 bits per heavy atom. The molecule has 0 unspecified atom stereocenters. The van der Waals surface area contributed by atoms with Crippen molar-refractivity contribution in [3.8, 4) is 0 Å². The summed E-state index contributed by atoms with van der Waals surface area (Å²) >= 11 is 1.52. The Morgan fingerprint density at radius 3 is 3.15 bits per heavy atom. The summed E-state index contributed by atoms with van der Waals surface area (Å²) in [5.41, 5.74) is 2.14. The zero-order chi connectivity index (χ0) is 13.4. The molecule has 1 aliphatic carbocycles. The van der Waals surface area contributed by atoms with E-state index >= 15 is 0 Å². The standard InChI is InChI=1S/C13H14N6S/c1-2-6-19-10(7-14-9-4-5-9)12(17-11(19)3-1)20-13-15-8-16-18-13/h1-3,6,8-9,14H,4-5,7H2,(H,15,16,18). The maximum absolute atomic E-state index is 4.68. The lowest BCUT2D eigenvalue weighted by atomic mass is 10.4. The summed E-state index contributed by atoms with van der Waals surface area (Å²) in [7, 11) is 0. The Labute approximate surface area is 120 Å². The summed E-state index contributed by atoms with van der Waals surface area (Å²) in [5, 5.41) is 12.0. The van der Waals surface area contributed by atoms with Crippen molar-refractivity contribution in [3.63, 3.8) is 0 Å². The Hall–Kier alpha value is -1.86. The molecule has 0 spiro atoms. The summed E-state index contributed by atoms with van der Waals surface area (Å²) in [4.78, 5) is 8.84. The second kappa shape index (κ2) is 4.92. The van der Waals surface area contributed by atoms with Gasteiger partial charge in [-0.3, -0.25) is 5.10 Å². The summed E-state index contributed by atoms with van der Waals surface area (Å²) in [6.45, 7) is 0.826. The van der Waals surface area contributed by atoms with E-state index in [4.69, 9.17) is 0 Å². The van der Waals surface area contributed by atoms with Gasteiger partial charge in [0.1, 0.15) is 17.0 Å². The molecule has 7 heteroatoms. The van der Waals surface area contributed by atoms with Crippen molar-refractivity contribution >= 4 is 17.4 Å². The maximum atomic E-state index is 4.68. The van der Waals surface area contributed by atoms with Gasteiger partial charge < -0.3 is 9.72 Å². The van der Waals surface area contributed by atoms with E-state index in [1.165, 1.54) is 36.6 Å².